The average Bonchev–Trinajstić information content (AvgIpc) is 2.47. The van der Waals surface area contributed by atoms with E-state index < -0.39 is 12.1 Å². The van der Waals surface area contributed by atoms with E-state index in [1.165, 1.54) is 0 Å². The fourth-order valence-corrected chi connectivity index (χ4v) is 2.60. The van der Waals surface area contributed by atoms with Crippen LogP contribution in [0.5, 0.6) is 5.75 Å². The number of hydrogen-bond acceptors (Lipinski definition) is 4. The van der Waals surface area contributed by atoms with Gasteiger partial charge in [-0.3, -0.25) is 4.79 Å². The van der Waals surface area contributed by atoms with Gasteiger partial charge in [0.15, 0.2) is 5.78 Å². The molecule has 1 aromatic rings. The summed E-state index contributed by atoms with van der Waals surface area (Å²) >= 11 is 0. The minimum absolute atomic E-state index is 0.226. The van der Waals surface area contributed by atoms with Gasteiger partial charge < -0.3 is 15.2 Å². The molecule has 0 bridgehead atoms. The fraction of sp³-hybridized carbons (Fsp3) is 0.467. The lowest BCUT2D eigenvalue weighted by Gasteiger charge is -2.40. The molecule has 1 aromatic carbocycles. The molecule has 0 aliphatic carbocycles. The number of para-hydroxylation sites is 1. The molecular formula is C15H16F3NO4. The second kappa shape index (κ2) is 6.57. The summed E-state index contributed by atoms with van der Waals surface area (Å²) in [5.41, 5.74) is 0.503. The number of piperidine rings is 1. The van der Waals surface area contributed by atoms with E-state index in [0.717, 1.165) is 37.2 Å². The minimum atomic E-state index is -5.08. The molecule has 0 unspecified atom stereocenters. The Balaban J connectivity index is 0.000000236. The lowest BCUT2D eigenvalue weighted by atomic mass is 9.83. The number of halogens is 3. The van der Waals surface area contributed by atoms with Crippen LogP contribution in [-0.4, -0.2) is 41.7 Å². The second-order valence-corrected chi connectivity index (χ2v) is 5.43. The molecule has 0 radical (unpaired) electrons. The number of ether oxygens (including phenoxy) is 1. The standard InChI is InChI=1S/C13H15NO2.C2HF3O2/c15-11-9-13(5-7-14-8-6-13)16-12-4-2-1-3-10(11)12;3-2(4,5)1(6)7/h1-4,14H,5-9H2;(H,6,7). The predicted octanol–water partition coefficient (Wildman–Crippen LogP) is 2.41. The molecule has 1 fully saturated rings. The smallest absolute Gasteiger partial charge is 0.486 e. The number of Topliss-reactive ketones (excluding diaryl/α,β-unsaturated/α-hetero) is 1. The van der Waals surface area contributed by atoms with E-state index in [9.17, 15) is 18.0 Å². The Morgan fingerprint density at radius 3 is 2.35 bits per heavy atom. The summed E-state index contributed by atoms with van der Waals surface area (Å²) in [7, 11) is 0. The van der Waals surface area contributed by atoms with Crippen molar-refractivity contribution in [2.75, 3.05) is 13.1 Å². The first kappa shape index (κ1) is 17.3. The topological polar surface area (TPSA) is 75.6 Å². The molecule has 2 heterocycles. The maximum atomic E-state index is 12.1. The largest absolute Gasteiger partial charge is 0.490 e. The first-order valence-electron chi connectivity index (χ1n) is 7.06. The van der Waals surface area contributed by atoms with E-state index in [2.05, 4.69) is 5.32 Å². The molecule has 1 spiro atoms. The van der Waals surface area contributed by atoms with Crippen LogP contribution in [0, 0.1) is 0 Å². The zero-order valence-corrected chi connectivity index (χ0v) is 12.2. The fourth-order valence-electron chi connectivity index (χ4n) is 2.60. The van der Waals surface area contributed by atoms with Gasteiger partial charge in [0, 0.05) is 12.8 Å². The Kier molecular flexibility index (Phi) is 4.93. The molecule has 0 amide bonds. The molecule has 0 aromatic heterocycles. The van der Waals surface area contributed by atoms with Crippen molar-refractivity contribution in [2.24, 2.45) is 0 Å². The number of carbonyl (C=O) groups is 2. The Bertz CT molecular complexity index is 595. The van der Waals surface area contributed by atoms with Crippen LogP contribution in [-0.2, 0) is 4.79 Å². The lowest BCUT2D eigenvalue weighted by Crippen LogP contribution is -2.49. The summed E-state index contributed by atoms with van der Waals surface area (Å²) in [5, 5.41) is 10.4. The molecule has 2 aliphatic heterocycles. The number of nitrogens with one attached hydrogen (secondary N) is 1. The Labute approximate surface area is 130 Å². The third-order valence-electron chi connectivity index (χ3n) is 3.75. The highest BCUT2D eigenvalue weighted by Gasteiger charge is 2.41. The molecule has 2 N–H and O–H groups in total. The highest BCUT2D eigenvalue weighted by Crippen LogP contribution is 2.37. The van der Waals surface area contributed by atoms with Gasteiger partial charge in [-0.2, -0.15) is 13.2 Å². The van der Waals surface area contributed by atoms with E-state index in [0.29, 0.717) is 6.42 Å². The quantitative estimate of drug-likeness (QED) is 0.763. The highest BCUT2D eigenvalue weighted by atomic mass is 19.4. The zero-order chi connectivity index (χ0) is 17.1. The van der Waals surface area contributed by atoms with Gasteiger partial charge in [-0.25, -0.2) is 4.79 Å². The normalized spacial score (nSPS) is 19.2. The summed E-state index contributed by atoms with van der Waals surface area (Å²) < 4.78 is 37.8. The van der Waals surface area contributed by atoms with Gasteiger partial charge in [-0.1, -0.05) is 12.1 Å². The number of carboxylic acid groups (broad SMARTS) is 1. The summed E-state index contributed by atoms with van der Waals surface area (Å²) in [6.07, 6.45) is -2.70. The molecule has 3 rings (SSSR count). The summed E-state index contributed by atoms with van der Waals surface area (Å²) in [5.74, 6) is -1.77. The van der Waals surface area contributed by atoms with Crippen LogP contribution in [0.1, 0.15) is 29.6 Å². The first-order valence-corrected chi connectivity index (χ1v) is 7.06. The summed E-state index contributed by atoms with van der Waals surface area (Å²) in [4.78, 5) is 21.0. The monoisotopic (exact) mass is 331 g/mol. The highest BCUT2D eigenvalue weighted by molar-refractivity contribution is 6.00. The van der Waals surface area contributed by atoms with Crippen molar-refractivity contribution in [1.29, 1.82) is 0 Å². The number of carboxylic acids is 1. The Morgan fingerprint density at radius 2 is 1.78 bits per heavy atom. The first-order chi connectivity index (χ1) is 10.7. The maximum absolute atomic E-state index is 12.1. The molecule has 1 saturated heterocycles. The van der Waals surface area contributed by atoms with Crippen molar-refractivity contribution in [2.45, 2.75) is 31.0 Å². The van der Waals surface area contributed by atoms with Crippen LogP contribution < -0.4 is 10.1 Å². The second-order valence-electron chi connectivity index (χ2n) is 5.43. The predicted molar refractivity (Wildman–Crippen MR) is 74.5 cm³/mol. The number of rotatable bonds is 0. The Morgan fingerprint density at radius 1 is 1.22 bits per heavy atom. The van der Waals surface area contributed by atoms with Crippen LogP contribution >= 0.6 is 0 Å². The molecule has 0 atom stereocenters. The van der Waals surface area contributed by atoms with E-state index in [1.807, 2.05) is 24.3 Å². The van der Waals surface area contributed by atoms with E-state index in [4.69, 9.17) is 14.6 Å². The van der Waals surface area contributed by atoms with Crippen LogP contribution in [0.15, 0.2) is 24.3 Å². The van der Waals surface area contributed by atoms with Crippen molar-refractivity contribution in [3.05, 3.63) is 29.8 Å². The number of carbonyl (C=O) groups excluding carboxylic acids is 1. The van der Waals surface area contributed by atoms with Crippen molar-refractivity contribution in [3.63, 3.8) is 0 Å². The van der Waals surface area contributed by atoms with Gasteiger partial charge >= 0.3 is 12.1 Å². The zero-order valence-electron chi connectivity index (χ0n) is 12.2. The third kappa shape index (κ3) is 4.22. The molecule has 0 saturated carbocycles. The van der Waals surface area contributed by atoms with Crippen molar-refractivity contribution < 1.29 is 32.6 Å². The lowest BCUT2D eigenvalue weighted by molar-refractivity contribution is -0.192. The van der Waals surface area contributed by atoms with Gasteiger partial charge in [0.25, 0.3) is 0 Å². The number of fused-ring (bicyclic) bond motifs is 1. The van der Waals surface area contributed by atoms with Gasteiger partial charge in [-0.05, 0) is 25.2 Å². The minimum Gasteiger partial charge on any atom is -0.486 e. The SMILES string of the molecule is O=C(O)C(F)(F)F.O=C1CC2(CCNCC2)Oc2ccccc21. The van der Waals surface area contributed by atoms with Gasteiger partial charge in [0.1, 0.15) is 11.4 Å². The Hall–Kier alpha value is -2.09. The third-order valence-corrected chi connectivity index (χ3v) is 3.75. The summed E-state index contributed by atoms with van der Waals surface area (Å²) in [6, 6.07) is 7.56. The van der Waals surface area contributed by atoms with E-state index >= 15 is 0 Å². The molecule has 126 valence electrons. The van der Waals surface area contributed by atoms with E-state index in [-0.39, 0.29) is 11.4 Å². The number of ketones is 1. The van der Waals surface area contributed by atoms with Crippen molar-refractivity contribution in [1.82, 2.24) is 5.32 Å². The van der Waals surface area contributed by atoms with Crippen LogP contribution in [0.4, 0.5) is 13.2 Å². The van der Waals surface area contributed by atoms with Crippen LogP contribution in [0.3, 0.4) is 0 Å². The van der Waals surface area contributed by atoms with Gasteiger partial charge in [0.05, 0.1) is 12.0 Å². The van der Waals surface area contributed by atoms with Gasteiger partial charge in [0.2, 0.25) is 0 Å². The van der Waals surface area contributed by atoms with Crippen LogP contribution in [0.2, 0.25) is 0 Å². The maximum Gasteiger partial charge on any atom is 0.490 e. The number of hydrogen-bond donors (Lipinski definition) is 2. The molecule has 2 aliphatic rings. The number of alkyl halides is 3. The number of aliphatic carboxylic acids is 1. The molecule has 23 heavy (non-hydrogen) atoms. The van der Waals surface area contributed by atoms with Gasteiger partial charge in [-0.15, -0.1) is 0 Å². The molecule has 5 nitrogen and oxygen atoms in total. The summed E-state index contributed by atoms with van der Waals surface area (Å²) in [6.45, 7) is 1.88. The number of benzene rings is 1. The van der Waals surface area contributed by atoms with Crippen molar-refractivity contribution >= 4 is 11.8 Å². The molecular weight excluding hydrogens is 315 g/mol. The van der Waals surface area contributed by atoms with Crippen molar-refractivity contribution in [3.8, 4) is 5.75 Å². The van der Waals surface area contributed by atoms with Crippen LogP contribution in [0.25, 0.3) is 0 Å². The molecule has 8 heteroatoms. The van der Waals surface area contributed by atoms with E-state index in [1.54, 1.807) is 0 Å². The average molecular weight is 331 g/mol.